The van der Waals surface area contributed by atoms with Crippen LogP contribution in [0.2, 0.25) is 0 Å². The zero-order valence-corrected chi connectivity index (χ0v) is 13.1. The molecule has 8 heteroatoms. The van der Waals surface area contributed by atoms with Crippen molar-refractivity contribution in [3.63, 3.8) is 0 Å². The highest BCUT2D eigenvalue weighted by Crippen LogP contribution is 2.31. The molecule has 0 aliphatic heterocycles. The van der Waals surface area contributed by atoms with Crippen molar-refractivity contribution in [3.8, 4) is 17.0 Å². The minimum atomic E-state index is -3.60. The van der Waals surface area contributed by atoms with Crippen LogP contribution in [0.4, 0.5) is 8.78 Å². The van der Waals surface area contributed by atoms with Crippen molar-refractivity contribution >= 4 is 17.2 Å². The molecule has 2 aromatic heterocycles. The molecule has 120 valence electrons. The summed E-state index contributed by atoms with van der Waals surface area (Å²) in [5.41, 5.74) is 1.44. The molecule has 0 bridgehead atoms. The maximum atomic E-state index is 13.3. The summed E-state index contributed by atoms with van der Waals surface area (Å²) in [7, 11) is 0. The van der Waals surface area contributed by atoms with Crippen molar-refractivity contribution in [2.45, 2.75) is 25.3 Å². The Kier molecular flexibility index (Phi) is 3.89. The minimum Gasteiger partial charge on any atom is -0.491 e. The fraction of sp³-hybridized carbons (Fsp3) is 0.267. The molecular formula is C15H13ClF2N4O. The van der Waals surface area contributed by atoms with E-state index in [2.05, 4.69) is 15.2 Å². The predicted octanol–water partition coefficient (Wildman–Crippen LogP) is 3.87. The van der Waals surface area contributed by atoms with E-state index in [1.165, 1.54) is 12.4 Å². The lowest BCUT2D eigenvalue weighted by atomic mass is 10.1. The molecule has 0 radical (unpaired) electrons. The van der Waals surface area contributed by atoms with E-state index in [0.29, 0.717) is 5.69 Å². The summed E-state index contributed by atoms with van der Waals surface area (Å²) in [5, 5.41) is 3.45. The second-order valence-corrected chi connectivity index (χ2v) is 5.69. The summed E-state index contributed by atoms with van der Waals surface area (Å²) in [6.07, 6.45) is 2.87. The highest BCUT2D eigenvalue weighted by molar-refractivity contribution is 6.21. The van der Waals surface area contributed by atoms with Gasteiger partial charge in [-0.15, -0.1) is 10.2 Å². The van der Waals surface area contributed by atoms with E-state index < -0.39 is 11.2 Å². The van der Waals surface area contributed by atoms with Crippen LogP contribution in [0.3, 0.4) is 0 Å². The zero-order chi connectivity index (χ0) is 16.6. The first-order valence-corrected chi connectivity index (χ1v) is 7.27. The van der Waals surface area contributed by atoms with Gasteiger partial charge in [-0.05, 0) is 49.7 Å². The Balaban J connectivity index is 2.00. The Morgan fingerprint density at radius 3 is 2.48 bits per heavy atom. The molecule has 0 amide bonds. The normalized spacial score (nSPS) is 12.1. The van der Waals surface area contributed by atoms with E-state index in [1.54, 1.807) is 24.3 Å². The number of aromatic nitrogens is 4. The van der Waals surface area contributed by atoms with Crippen LogP contribution in [-0.4, -0.2) is 25.7 Å². The third-order valence-corrected chi connectivity index (χ3v) is 3.24. The molecule has 0 atom stereocenters. The summed E-state index contributed by atoms with van der Waals surface area (Å²) in [4.78, 5) is 4.21. The third kappa shape index (κ3) is 3.24. The second kappa shape index (κ2) is 5.73. The number of nitrogens with zero attached hydrogens (tertiary/aromatic N) is 4. The Hall–Kier alpha value is -2.28. The molecule has 5 nitrogen and oxygen atoms in total. The molecule has 1 aromatic carbocycles. The van der Waals surface area contributed by atoms with Crippen LogP contribution in [0.25, 0.3) is 16.9 Å². The first kappa shape index (κ1) is 15.6. The molecule has 0 aliphatic carbocycles. The Morgan fingerprint density at radius 1 is 1.17 bits per heavy atom. The minimum absolute atomic E-state index is 0.0702. The Labute approximate surface area is 135 Å². The van der Waals surface area contributed by atoms with Crippen LogP contribution in [-0.2, 0) is 5.38 Å². The fourth-order valence-corrected chi connectivity index (χ4v) is 2.25. The van der Waals surface area contributed by atoms with Gasteiger partial charge in [-0.2, -0.15) is 8.78 Å². The summed E-state index contributed by atoms with van der Waals surface area (Å²) in [6.45, 7) is 3.87. The van der Waals surface area contributed by atoms with Gasteiger partial charge in [0.1, 0.15) is 5.75 Å². The molecule has 0 aliphatic rings. The number of ether oxygens (including phenoxy) is 1. The summed E-state index contributed by atoms with van der Waals surface area (Å²) in [5.74, 6) is 0.0830. The fourth-order valence-electron chi connectivity index (χ4n) is 2.12. The van der Waals surface area contributed by atoms with Crippen LogP contribution in [0.5, 0.6) is 5.75 Å². The van der Waals surface area contributed by atoms with Crippen LogP contribution >= 0.6 is 11.6 Å². The number of benzene rings is 1. The molecule has 0 fully saturated rings. The van der Waals surface area contributed by atoms with Gasteiger partial charge in [-0.25, -0.2) is 0 Å². The quantitative estimate of drug-likeness (QED) is 0.678. The molecule has 0 spiro atoms. The number of alkyl halides is 3. The molecule has 0 unspecified atom stereocenters. The van der Waals surface area contributed by atoms with Gasteiger partial charge < -0.3 is 4.74 Å². The molecule has 3 rings (SSSR count). The average Bonchev–Trinajstić information content (AvgIpc) is 2.90. The largest absolute Gasteiger partial charge is 0.491 e. The van der Waals surface area contributed by atoms with Gasteiger partial charge in [-0.1, -0.05) is 0 Å². The molecule has 0 saturated carbocycles. The summed E-state index contributed by atoms with van der Waals surface area (Å²) < 4.78 is 33.4. The lowest BCUT2D eigenvalue weighted by Gasteiger charge is -2.10. The van der Waals surface area contributed by atoms with E-state index >= 15 is 0 Å². The smallest absolute Gasteiger partial charge is 0.382 e. The highest BCUT2D eigenvalue weighted by Gasteiger charge is 2.34. The molecular weight excluding hydrogens is 326 g/mol. The topological polar surface area (TPSA) is 52.3 Å². The van der Waals surface area contributed by atoms with Crippen LogP contribution < -0.4 is 4.74 Å². The maximum absolute atomic E-state index is 13.3. The van der Waals surface area contributed by atoms with Crippen molar-refractivity contribution in [3.05, 3.63) is 42.5 Å². The van der Waals surface area contributed by atoms with E-state index in [4.69, 9.17) is 16.3 Å². The van der Waals surface area contributed by atoms with Crippen molar-refractivity contribution in [1.82, 2.24) is 19.6 Å². The van der Waals surface area contributed by atoms with E-state index in [9.17, 15) is 8.78 Å². The van der Waals surface area contributed by atoms with Gasteiger partial charge in [0.2, 0.25) is 5.82 Å². The van der Waals surface area contributed by atoms with Gasteiger partial charge >= 0.3 is 5.38 Å². The van der Waals surface area contributed by atoms with Crippen molar-refractivity contribution in [1.29, 1.82) is 0 Å². The lowest BCUT2D eigenvalue weighted by Crippen LogP contribution is -2.09. The summed E-state index contributed by atoms with van der Waals surface area (Å²) >= 11 is 5.05. The number of hydrogen-bond acceptors (Lipinski definition) is 4. The average molecular weight is 339 g/mol. The first-order valence-electron chi connectivity index (χ1n) is 6.89. The number of hydrogen-bond donors (Lipinski definition) is 0. The Morgan fingerprint density at radius 2 is 1.87 bits per heavy atom. The van der Waals surface area contributed by atoms with Crippen molar-refractivity contribution < 1.29 is 13.5 Å². The second-order valence-electron chi connectivity index (χ2n) is 5.21. The first-order chi connectivity index (χ1) is 10.8. The molecule has 3 aromatic rings. The van der Waals surface area contributed by atoms with Crippen molar-refractivity contribution in [2.24, 2.45) is 0 Å². The molecule has 0 saturated heterocycles. The van der Waals surface area contributed by atoms with Crippen LogP contribution in [0.15, 0.2) is 36.7 Å². The number of rotatable bonds is 4. The third-order valence-electron chi connectivity index (χ3n) is 3.07. The summed E-state index contributed by atoms with van der Waals surface area (Å²) in [6, 6.07) is 7.19. The van der Waals surface area contributed by atoms with Gasteiger partial charge in [0.25, 0.3) is 0 Å². The monoisotopic (exact) mass is 338 g/mol. The highest BCUT2D eigenvalue weighted by atomic mass is 35.5. The lowest BCUT2D eigenvalue weighted by molar-refractivity contribution is 0.0833. The number of halogens is 3. The van der Waals surface area contributed by atoms with Gasteiger partial charge in [0.05, 0.1) is 18.0 Å². The molecule has 2 heterocycles. The van der Waals surface area contributed by atoms with Gasteiger partial charge in [-0.3, -0.25) is 9.38 Å². The van der Waals surface area contributed by atoms with Gasteiger partial charge in [0.15, 0.2) is 5.65 Å². The number of fused-ring (bicyclic) bond motifs is 1. The van der Waals surface area contributed by atoms with E-state index in [-0.39, 0.29) is 11.8 Å². The van der Waals surface area contributed by atoms with Crippen LogP contribution in [0.1, 0.15) is 19.7 Å². The van der Waals surface area contributed by atoms with Crippen molar-refractivity contribution in [2.75, 3.05) is 0 Å². The van der Waals surface area contributed by atoms with Gasteiger partial charge in [0, 0.05) is 11.8 Å². The Bertz CT molecular complexity index is 828. The predicted molar refractivity (Wildman–Crippen MR) is 81.7 cm³/mol. The van der Waals surface area contributed by atoms with E-state index in [1.807, 2.05) is 13.8 Å². The maximum Gasteiger partial charge on any atom is 0.382 e. The zero-order valence-electron chi connectivity index (χ0n) is 12.4. The van der Waals surface area contributed by atoms with Crippen LogP contribution in [0, 0.1) is 0 Å². The van der Waals surface area contributed by atoms with E-state index in [0.717, 1.165) is 15.7 Å². The SMILES string of the molecule is CC(C)Oc1ccc(-c2cn3c(C(F)(F)Cl)nnc3cn2)cc1. The molecule has 0 N–H and O–H groups in total. The standard InChI is InChI=1S/C15H13ClF2N4O/c1-9(2)23-11-5-3-10(4-6-11)12-8-22-13(7-19-12)20-21-14(22)15(16,17)18/h3-9H,1-2H3. The molecule has 23 heavy (non-hydrogen) atoms.